The molecule has 3 aromatic carbocycles. The molecule has 0 aliphatic rings. The zero-order valence-electron chi connectivity index (χ0n) is 16.6. The van der Waals surface area contributed by atoms with Gasteiger partial charge in [-0.2, -0.15) is 0 Å². The van der Waals surface area contributed by atoms with Gasteiger partial charge in [-0.3, -0.25) is 4.79 Å². The molecule has 7 heteroatoms. The molecule has 0 saturated carbocycles. The second kappa shape index (κ2) is 9.41. The van der Waals surface area contributed by atoms with E-state index in [1.807, 2.05) is 59.2 Å². The molecule has 1 atom stereocenters. The van der Waals surface area contributed by atoms with Crippen LogP contribution in [0.5, 0.6) is 0 Å². The number of imidazole rings is 1. The van der Waals surface area contributed by atoms with Gasteiger partial charge in [0.2, 0.25) is 0 Å². The number of benzene rings is 3. The molecule has 0 aliphatic carbocycles. The molecule has 0 saturated heterocycles. The largest absolute Gasteiger partial charge is 0.481 e. The summed E-state index contributed by atoms with van der Waals surface area (Å²) in [6.45, 7) is 0.825. The summed E-state index contributed by atoms with van der Waals surface area (Å²) in [6, 6.07) is 22.9. The van der Waals surface area contributed by atoms with Gasteiger partial charge in [0.1, 0.15) is 5.82 Å². The second-order valence-corrected chi connectivity index (χ2v) is 8.10. The van der Waals surface area contributed by atoms with E-state index in [0.29, 0.717) is 29.0 Å². The summed E-state index contributed by atoms with van der Waals surface area (Å²) in [4.78, 5) is 16.5. The number of rotatable bonds is 8. The maximum Gasteiger partial charge on any atom is 0.304 e. The minimum absolute atomic E-state index is 0.0561. The van der Waals surface area contributed by atoms with Gasteiger partial charge in [-0.15, -0.1) is 0 Å². The highest BCUT2D eigenvalue weighted by molar-refractivity contribution is 6.36. The topological polar surface area (TPSA) is 67.2 Å². The first-order chi connectivity index (χ1) is 15.0. The van der Waals surface area contributed by atoms with Crippen molar-refractivity contribution < 1.29 is 9.90 Å². The average molecular weight is 454 g/mol. The van der Waals surface area contributed by atoms with E-state index in [1.54, 1.807) is 18.2 Å². The number of anilines is 1. The van der Waals surface area contributed by atoms with Gasteiger partial charge in [-0.1, -0.05) is 59.6 Å². The number of nitrogens with one attached hydrogen (secondary N) is 1. The van der Waals surface area contributed by atoms with E-state index < -0.39 is 5.97 Å². The van der Waals surface area contributed by atoms with Crippen molar-refractivity contribution in [3.8, 4) is 0 Å². The Kier molecular flexibility index (Phi) is 6.44. The number of aromatic nitrogens is 2. The number of carbonyl (C=O) groups is 1. The molecule has 1 aromatic heterocycles. The van der Waals surface area contributed by atoms with Crippen molar-refractivity contribution in [1.82, 2.24) is 9.55 Å². The van der Waals surface area contributed by atoms with Crippen molar-refractivity contribution in [3.63, 3.8) is 0 Å². The van der Waals surface area contributed by atoms with Crippen molar-refractivity contribution in [2.75, 3.05) is 11.9 Å². The molecule has 31 heavy (non-hydrogen) atoms. The summed E-state index contributed by atoms with van der Waals surface area (Å²) in [5, 5.41) is 14.0. The monoisotopic (exact) mass is 453 g/mol. The number of halogens is 2. The minimum atomic E-state index is -0.880. The predicted molar refractivity (Wildman–Crippen MR) is 125 cm³/mol. The lowest BCUT2D eigenvalue weighted by Crippen LogP contribution is -2.21. The number of carboxylic acid groups (broad SMARTS) is 1. The highest BCUT2D eigenvalue weighted by Gasteiger charge is 2.24. The number of aliphatic carboxylic acids is 1. The molecule has 0 radical (unpaired) electrons. The van der Waals surface area contributed by atoms with Crippen LogP contribution in [0, 0.1) is 0 Å². The highest BCUT2D eigenvalue weighted by atomic mass is 35.5. The third-order valence-corrected chi connectivity index (χ3v) is 5.88. The Morgan fingerprint density at radius 1 is 0.968 bits per heavy atom. The summed E-state index contributed by atoms with van der Waals surface area (Å²) < 4.78 is 2.02. The fourth-order valence-corrected chi connectivity index (χ4v) is 4.19. The molecule has 0 fully saturated rings. The number of hydrogen-bond donors (Lipinski definition) is 2. The number of fused-ring (bicyclic) bond motifs is 1. The second-order valence-electron chi connectivity index (χ2n) is 7.29. The third-order valence-electron chi connectivity index (χ3n) is 5.17. The average Bonchev–Trinajstić information content (AvgIpc) is 3.12. The predicted octanol–water partition coefficient (Wildman–Crippen LogP) is 6.06. The number of carboxylic acids is 1. The summed E-state index contributed by atoms with van der Waals surface area (Å²) in [5.74, 6) is -0.552. The van der Waals surface area contributed by atoms with E-state index in [2.05, 4.69) is 5.32 Å². The van der Waals surface area contributed by atoms with Gasteiger partial charge in [0.15, 0.2) is 0 Å². The zero-order chi connectivity index (χ0) is 21.8. The molecule has 1 heterocycles. The molecule has 5 nitrogen and oxygen atoms in total. The van der Waals surface area contributed by atoms with E-state index in [4.69, 9.17) is 28.2 Å². The quantitative estimate of drug-likeness (QED) is 0.340. The zero-order valence-corrected chi connectivity index (χ0v) is 18.1. The maximum atomic E-state index is 11.7. The van der Waals surface area contributed by atoms with Gasteiger partial charge in [0.05, 0.1) is 24.0 Å². The third kappa shape index (κ3) is 4.84. The standard InChI is InChI=1S/C24H21Cl2N3O2/c25-19-9-6-10-20(26)18(19)15-29-22-12-5-4-11-21(22)28-24(29)16(13-23(30)31)14-27-17-7-2-1-3-8-17/h1-12,16,27H,13-15H2,(H,30,31). The van der Waals surface area contributed by atoms with Crippen LogP contribution in [-0.4, -0.2) is 27.2 Å². The fraction of sp³-hybridized carbons (Fsp3) is 0.167. The Balaban J connectivity index is 1.76. The lowest BCUT2D eigenvalue weighted by Gasteiger charge is -2.19. The highest BCUT2D eigenvalue weighted by Crippen LogP contribution is 2.30. The van der Waals surface area contributed by atoms with Crippen LogP contribution in [-0.2, 0) is 11.3 Å². The molecule has 4 rings (SSSR count). The number of hydrogen-bond acceptors (Lipinski definition) is 3. The first-order valence-electron chi connectivity index (χ1n) is 9.91. The van der Waals surface area contributed by atoms with E-state index in [1.165, 1.54) is 0 Å². The van der Waals surface area contributed by atoms with Crippen molar-refractivity contribution in [1.29, 1.82) is 0 Å². The summed E-state index contributed by atoms with van der Waals surface area (Å²) in [7, 11) is 0. The lowest BCUT2D eigenvalue weighted by molar-refractivity contribution is -0.137. The summed E-state index contributed by atoms with van der Waals surface area (Å²) in [6.07, 6.45) is -0.0561. The minimum Gasteiger partial charge on any atom is -0.481 e. The molecule has 1 unspecified atom stereocenters. The fourth-order valence-electron chi connectivity index (χ4n) is 3.68. The van der Waals surface area contributed by atoms with Gasteiger partial charge >= 0.3 is 5.97 Å². The SMILES string of the molecule is O=C(O)CC(CNc1ccccc1)c1nc2ccccc2n1Cc1c(Cl)cccc1Cl. The van der Waals surface area contributed by atoms with Crippen LogP contribution < -0.4 is 5.32 Å². The molecule has 0 amide bonds. The molecule has 2 N–H and O–H groups in total. The summed E-state index contributed by atoms with van der Waals surface area (Å²) in [5.41, 5.74) is 3.41. The van der Waals surface area contributed by atoms with Crippen molar-refractivity contribution in [2.45, 2.75) is 18.9 Å². The van der Waals surface area contributed by atoms with Crippen LogP contribution >= 0.6 is 23.2 Å². The normalized spacial score (nSPS) is 12.1. The van der Waals surface area contributed by atoms with Gasteiger partial charge in [0.25, 0.3) is 0 Å². The van der Waals surface area contributed by atoms with Gasteiger partial charge in [-0.05, 0) is 36.4 Å². The molecule has 0 bridgehead atoms. The van der Waals surface area contributed by atoms with Gasteiger partial charge < -0.3 is 15.0 Å². The van der Waals surface area contributed by atoms with Crippen LogP contribution in [0.1, 0.15) is 23.7 Å². The van der Waals surface area contributed by atoms with Crippen LogP contribution in [0.15, 0.2) is 72.8 Å². The van der Waals surface area contributed by atoms with Gasteiger partial charge in [0, 0.05) is 33.8 Å². The molecular formula is C24H21Cl2N3O2. The van der Waals surface area contributed by atoms with E-state index in [-0.39, 0.29) is 12.3 Å². The Morgan fingerprint density at radius 2 is 1.65 bits per heavy atom. The van der Waals surface area contributed by atoms with Gasteiger partial charge in [-0.25, -0.2) is 4.98 Å². The van der Waals surface area contributed by atoms with E-state index >= 15 is 0 Å². The molecule has 0 spiro atoms. The maximum absolute atomic E-state index is 11.7. The first kappa shape index (κ1) is 21.2. The molecular weight excluding hydrogens is 433 g/mol. The van der Waals surface area contributed by atoms with Crippen LogP contribution in [0.3, 0.4) is 0 Å². The number of nitrogens with zero attached hydrogens (tertiary/aromatic N) is 2. The Hall–Kier alpha value is -3.02. The summed E-state index contributed by atoms with van der Waals surface area (Å²) >= 11 is 12.9. The number of para-hydroxylation sites is 3. The van der Waals surface area contributed by atoms with Crippen LogP contribution in [0.4, 0.5) is 5.69 Å². The van der Waals surface area contributed by atoms with Crippen LogP contribution in [0.2, 0.25) is 10.0 Å². The van der Waals surface area contributed by atoms with E-state index in [0.717, 1.165) is 22.3 Å². The Morgan fingerprint density at radius 3 is 2.35 bits per heavy atom. The molecule has 158 valence electrons. The van der Waals surface area contributed by atoms with Crippen molar-refractivity contribution in [3.05, 3.63) is 94.2 Å². The first-order valence-corrected chi connectivity index (χ1v) is 10.7. The van der Waals surface area contributed by atoms with E-state index in [9.17, 15) is 9.90 Å². The van der Waals surface area contributed by atoms with Crippen molar-refractivity contribution >= 4 is 45.9 Å². The van der Waals surface area contributed by atoms with Crippen molar-refractivity contribution in [2.24, 2.45) is 0 Å². The Bertz CT molecular complexity index is 1190. The van der Waals surface area contributed by atoms with Crippen LogP contribution in [0.25, 0.3) is 11.0 Å². The molecule has 4 aromatic rings. The Labute approximate surface area is 190 Å². The lowest BCUT2D eigenvalue weighted by atomic mass is 10.0. The smallest absolute Gasteiger partial charge is 0.304 e. The molecule has 0 aliphatic heterocycles.